The number of H-pyrrole nitrogens is 8. The first-order chi connectivity index (χ1) is 70.4. The molecule has 2 unspecified atom stereocenters. The molecule has 3 aliphatic rings. The summed E-state index contributed by atoms with van der Waals surface area (Å²) in [5, 5.41) is 103. The number of sulfone groups is 6. The molecule has 2 fully saturated rings. The smallest absolute Gasteiger partial charge is 0.206 e. The van der Waals surface area contributed by atoms with Crippen LogP contribution < -0.4 is 28.3 Å². The minimum absolute atomic E-state index is 0.131. The normalized spacial score (nSPS) is 15.4. The number of anilines is 3. The van der Waals surface area contributed by atoms with E-state index in [9.17, 15) is 50.5 Å². The third kappa shape index (κ3) is 22.0. The number of nitrogens with two attached hydrogens (primary N) is 4. The van der Waals surface area contributed by atoms with E-state index in [-0.39, 0.29) is 70.5 Å². The van der Waals surface area contributed by atoms with Crippen LogP contribution in [-0.2, 0) is 72.0 Å². The first-order valence-electron chi connectivity index (χ1n) is 45.0. The van der Waals surface area contributed by atoms with Gasteiger partial charge in [-0.2, -0.15) is 41.5 Å². The van der Waals surface area contributed by atoms with Gasteiger partial charge in [-0.25, -0.2) is 60.5 Å². The molecule has 10 aromatic heterocycles. The molecule has 1 aliphatic carbocycles. The van der Waals surface area contributed by atoms with Gasteiger partial charge in [-0.15, -0.1) is 61.2 Å². The second kappa shape index (κ2) is 41.8. The lowest BCUT2D eigenvalue weighted by Crippen LogP contribution is -2.26. The number of rotatable bonds is 19. The fourth-order valence-electron chi connectivity index (χ4n) is 18.2. The second-order valence-corrected chi connectivity index (χ2v) is 47.8. The van der Waals surface area contributed by atoms with Gasteiger partial charge in [0.25, 0.3) is 0 Å². The predicted molar refractivity (Wildman–Crippen MR) is 547 cm³/mol. The van der Waals surface area contributed by atoms with Crippen molar-refractivity contribution in [1.29, 1.82) is 0 Å². The number of aromatic nitrogens is 31. The summed E-state index contributed by atoms with van der Waals surface area (Å²) in [6, 6.07) is 56.1. The maximum Gasteiger partial charge on any atom is 0.206 e. The third-order valence-electron chi connectivity index (χ3n) is 24.9. The van der Waals surface area contributed by atoms with E-state index < -0.39 is 59.0 Å². The predicted octanol–water partition coefficient (Wildman–Crippen LogP) is 9.39. The molecule has 20 aromatic rings. The van der Waals surface area contributed by atoms with E-state index in [1.54, 1.807) is 66.7 Å². The molecule has 0 amide bonds. The lowest BCUT2D eigenvalue weighted by molar-refractivity contribution is 0.395. The number of aromatic amines is 8. The number of para-hydroxylation sites is 1. The standard InChI is InChI=1S/C18H19N5O2S.2C15H13N7O2S.C15H12N6O2S2.C15H16N6O2S.C14H19N5O2S/c1-26(24,25)16-4-2-3-15(17(16)18-20-22-23-21-18)13-7-5-12(6-8-13)14-9-10-19-11-14;1-25(23,24)12-4-2-3-9(13(12)15-19-21-22-20-15)8-5-6-11-10(7-8)14(16)18-17-11;1-25(23,24)12-4-2-3-9(13(12)15-19-21-22-20-15)8-5-6-10-11(7-8)17-18-14(10)16;1-25(22,23)11-7-3-4-8(12(11)14-18-20-21-19-14)9-5-2-6-10-13(9)17-15(16)24-10;1-24(22,23)13-4-2-3-12(14(13)15-17-19-20-18-15)10-5-6-21-9-16-8-11(21)7-10;1-22(20,21)12-4-2-3-11(9-5-7-10(15)8-6-9)13(12)14-16-18-19-17-14/h2-8,14,19H,9-11H2,1H3,(H,20,21,22,23);2*2-7H,1H3,(H3,16,17,18)(H,19,20,21,22);2-7H,1H3,(H2,16,17)(H,18,19,20,21);2-4,8-10H,5-7H2,1H3,(H,17,18,19,20);2-4,9-10H,5-8,15H2,1H3,(H,16,17,18,19). The van der Waals surface area contributed by atoms with E-state index in [2.05, 4.69) is 176 Å². The molecule has 0 bridgehead atoms. The summed E-state index contributed by atoms with van der Waals surface area (Å²) in [5.41, 5.74) is 38.8. The highest BCUT2D eigenvalue weighted by molar-refractivity contribution is 7.92. The van der Waals surface area contributed by atoms with Crippen molar-refractivity contribution < 1.29 is 50.5 Å². The van der Waals surface area contributed by atoms with Crippen LogP contribution in [0.15, 0.2) is 230 Å². The van der Waals surface area contributed by atoms with Gasteiger partial charge >= 0.3 is 0 Å². The number of tetrazole rings is 6. The fraction of sp³-hybridized carbons (Fsp3) is 0.217. The summed E-state index contributed by atoms with van der Waals surface area (Å²) in [7, 11) is -20.7. The lowest BCUT2D eigenvalue weighted by atomic mass is 9.80. The third-order valence-corrected chi connectivity index (χ3v) is 32.6. The van der Waals surface area contributed by atoms with Gasteiger partial charge in [-0.3, -0.25) is 10.2 Å². The van der Waals surface area contributed by atoms with Crippen LogP contribution >= 0.6 is 11.3 Å². The first kappa shape index (κ1) is 101. The van der Waals surface area contributed by atoms with E-state index >= 15 is 0 Å². The van der Waals surface area contributed by atoms with E-state index in [1.165, 1.54) is 53.9 Å². The number of aryl methyl sites for hydroxylation is 1. The van der Waals surface area contributed by atoms with Crippen LogP contribution in [0.5, 0.6) is 0 Å². The number of benzene rings is 10. The Hall–Kier alpha value is -16.3. The molecule has 48 nitrogen and oxygen atoms in total. The molecule has 17 N–H and O–H groups in total. The summed E-state index contributed by atoms with van der Waals surface area (Å²) in [6.07, 6.45) is 17.3. The Morgan fingerprint density at radius 3 is 1.20 bits per heavy atom. The van der Waals surface area contributed by atoms with Gasteiger partial charge in [0, 0.05) is 118 Å². The van der Waals surface area contributed by atoms with E-state index in [1.807, 2.05) is 104 Å². The van der Waals surface area contributed by atoms with Crippen LogP contribution in [0.4, 0.5) is 16.8 Å². The average Bonchev–Trinajstić information content (AvgIpc) is 1.43. The molecule has 0 spiro atoms. The number of hydrogen-bond donors (Lipinski definition) is 13. The van der Waals surface area contributed by atoms with Crippen LogP contribution in [0.1, 0.15) is 78.7 Å². The maximum atomic E-state index is 12.3. The minimum Gasteiger partial charge on any atom is -0.382 e. The Kier molecular flexibility index (Phi) is 28.6. The molecule has 23 rings (SSSR count). The van der Waals surface area contributed by atoms with Crippen molar-refractivity contribution >= 4 is 119 Å². The Morgan fingerprint density at radius 2 is 0.748 bits per heavy atom. The molecular formula is C92H92N36O12S7. The van der Waals surface area contributed by atoms with Gasteiger partial charge in [0.1, 0.15) is 0 Å². The molecule has 0 radical (unpaired) electrons. The quantitative estimate of drug-likeness (QED) is 0.0358. The number of thiazole rings is 1. The number of nitrogen functional groups attached to an aromatic ring is 3. The molecular weight excluding hydrogens is 2030 g/mol. The van der Waals surface area contributed by atoms with Gasteiger partial charge in [-0.05, 0) is 223 Å². The molecule has 754 valence electrons. The first-order valence-corrected chi connectivity index (χ1v) is 57.2. The largest absolute Gasteiger partial charge is 0.382 e. The number of nitrogens with zero attached hydrogens (tertiary/aromatic N) is 23. The number of nitrogens with one attached hydrogen (secondary N) is 9. The lowest BCUT2D eigenvalue weighted by Gasteiger charge is -2.28. The number of imidazole rings is 1. The Morgan fingerprint density at radius 1 is 0.361 bits per heavy atom. The van der Waals surface area contributed by atoms with Crippen molar-refractivity contribution in [3.63, 3.8) is 0 Å². The van der Waals surface area contributed by atoms with E-state index in [0.717, 1.165) is 154 Å². The minimum atomic E-state index is -3.50. The fourth-order valence-corrected chi connectivity index (χ4v) is 24.4. The zero-order valence-electron chi connectivity index (χ0n) is 78.8. The van der Waals surface area contributed by atoms with Crippen molar-refractivity contribution in [2.45, 2.75) is 105 Å². The number of fused-ring (bicyclic) bond motifs is 4. The van der Waals surface area contributed by atoms with Crippen LogP contribution in [0.25, 0.3) is 145 Å². The van der Waals surface area contributed by atoms with E-state index in [4.69, 9.17) is 22.9 Å². The molecule has 2 atom stereocenters. The SMILES string of the molecule is CS(=O)(=O)c1cccc(-c2ccc(C3CCNC3)cc2)c1-c1nn[nH]n1.CS(=O)(=O)c1cccc(-c2ccc3[nH]nc(N)c3c2)c1-c1nn[nH]n1.CS(=O)(=O)c1cccc(-c2ccc3c(N)n[nH]c3c2)c1-c1nn[nH]n1.CS(=O)(=O)c1cccc(-c2cccc3sc(N)nc23)c1-c1nn[nH]n1.CS(=O)(=O)c1cccc(C2CCC(N)CC2)c1-c1nn[nH]n1.CS(=O)(=O)c1cccc(C2CCn3cncc3C2)c1-c1nn[nH]n1. The molecule has 55 heteroatoms. The van der Waals surface area contributed by atoms with Gasteiger partial charge < -0.3 is 32.8 Å². The zero-order chi connectivity index (χ0) is 103. The highest BCUT2D eigenvalue weighted by atomic mass is 32.2. The zero-order valence-corrected chi connectivity index (χ0v) is 84.5. The van der Waals surface area contributed by atoms with Gasteiger partial charge in [0.2, 0.25) is 34.9 Å². The van der Waals surface area contributed by atoms with Crippen LogP contribution in [0, 0.1) is 0 Å². The van der Waals surface area contributed by atoms with Crippen LogP contribution in [-0.4, -0.2) is 266 Å². The van der Waals surface area contributed by atoms with E-state index in [0.29, 0.717) is 89.9 Å². The van der Waals surface area contributed by atoms with Crippen molar-refractivity contribution in [2.24, 2.45) is 5.73 Å². The topological polar surface area (TPSA) is 736 Å². The van der Waals surface area contributed by atoms with Gasteiger partial charge in [-0.1, -0.05) is 133 Å². The molecule has 2 aliphatic heterocycles. The number of hydrogen-bond acceptors (Lipinski definition) is 40. The molecule has 147 heavy (non-hydrogen) atoms. The summed E-state index contributed by atoms with van der Waals surface area (Å²) < 4.78 is 150. The molecule has 1 saturated carbocycles. The van der Waals surface area contributed by atoms with Crippen LogP contribution in [0.2, 0.25) is 0 Å². The van der Waals surface area contributed by atoms with Gasteiger partial charge in [0.05, 0.1) is 57.0 Å². The van der Waals surface area contributed by atoms with Gasteiger partial charge in [0.15, 0.2) is 75.8 Å². The monoisotopic (exact) mass is 2120 g/mol. The van der Waals surface area contributed by atoms with Crippen molar-refractivity contribution in [2.75, 3.05) is 67.8 Å². The Labute approximate surface area is 841 Å². The second-order valence-electron chi connectivity index (χ2n) is 34.8. The molecule has 12 heterocycles. The Bertz CT molecular complexity index is 8940. The van der Waals surface area contributed by atoms with Crippen molar-refractivity contribution in [1.82, 2.24) is 164 Å². The highest BCUT2D eigenvalue weighted by Gasteiger charge is 2.34. The summed E-state index contributed by atoms with van der Waals surface area (Å²) in [5.74, 6) is 3.29. The molecule has 1 saturated heterocycles. The maximum absolute atomic E-state index is 12.3. The summed E-state index contributed by atoms with van der Waals surface area (Å²) in [4.78, 5) is 9.65. The summed E-state index contributed by atoms with van der Waals surface area (Å²) in [6.45, 7) is 2.90. The Balaban J connectivity index is 0.000000116. The van der Waals surface area contributed by atoms with Crippen molar-refractivity contribution in [3.05, 3.63) is 223 Å². The van der Waals surface area contributed by atoms with Crippen molar-refractivity contribution in [3.8, 4) is 113 Å². The van der Waals surface area contributed by atoms with Crippen LogP contribution in [0.3, 0.4) is 0 Å². The average molecular weight is 2120 g/mol. The summed E-state index contributed by atoms with van der Waals surface area (Å²) >= 11 is 1.37. The molecule has 10 aromatic carbocycles. The highest BCUT2D eigenvalue weighted by Crippen LogP contribution is 2.46.